The highest BCUT2D eigenvalue weighted by molar-refractivity contribution is 6.31. The molecular formula is C18H26ClFN2O. The van der Waals surface area contributed by atoms with Crippen molar-refractivity contribution in [3.05, 3.63) is 34.6 Å². The Hall–Kier alpha value is -1.13. The van der Waals surface area contributed by atoms with Crippen molar-refractivity contribution in [3.8, 4) is 0 Å². The lowest BCUT2D eigenvalue weighted by Crippen LogP contribution is -2.35. The molecule has 1 aromatic rings. The lowest BCUT2D eigenvalue weighted by Gasteiger charge is -2.20. The fourth-order valence-electron chi connectivity index (χ4n) is 2.90. The average molecular weight is 341 g/mol. The van der Waals surface area contributed by atoms with Crippen molar-refractivity contribution >= 4 is 17.5 Å². The molecule has 1 aromatic carbocycles. The number of hydrogen-bond acceptors (Lipinski definition) is 2. The zero-order valence-corrected chi connectivity index (χ0v) is 14.8. The van der Waals surface area contributed by atoms with E-state index in [4.69, 9.17) is 11.6 Å². The molecule has 1 fully saturated rings. The minimum atomic E-state index is -0.490. The van der Waals surface area contributed by atoms with Crippen molar-refractivity contribution < 1.29 is 9.18 Å². The van der Waals surface area contributed by atoms with Gasteiger partial charge >= 0.3 is 0 Å². The number of rotatable bonds is 5. The van der Waals surface area contributed by atoms with Crippen LogP contribution in [0.5, 0.6) is 0 Å². The van der Waals surface area contributed by atoms with Crippen molar-refractivity contribution in [3.63, 3.8) is 0 Å². The third-order valence-corrected chi connectivity index (χ3v) is 4.42. The first-order valence-electron chi connectivity index (χ1n) is 8.23. The summed E-state index contributed by atoms with van der Waals surface area (Å²) in [7, 11) is 0. The van der Waals surface area contributed by atoms with Crippen molar-refractivity contribution in [1.29, 1.82) is 0 Å². The zero-order chi connectivity index (χ0) is 17.0. The summed E-state index contributed by atoms with van der Waals surface area (Å²) >= 11 is 5.80. The van der Waals surface area contributed by atoms with Gasteiger partial charge in [0.1, 0.15) is 5.82 Å². The molecule has 3 nitrogen and oxygen atoms in total. The van der Waals surface area contributed by atoms with E-state index in [0.717, 1.165) is 32.2 Å². The van der Waals surface area contributed by atoms with Crippen LogP contribution < -0.4 is 10.6 Å². The molecule has 0 aliphatic heterocycles. The predicted octanol–water partition coefficient (Wildman–Crippen LogP) is 4.16. The summed E-state index contributed by atoms with van der Waals surface area (Å²) < 4.78 is 13.3. The smallest absolute Gasteiger partial charge is 0.251 e. The highest BCUT2D eigenvalue weighted by atomic mass is 35.5. The third-order valence-electron chi connectivity index (χ3n) is 4.20. The van der Waals surface area contributed by atoms with Gasteiger partial charge in [-0.1, -0.05) is 32.4 Å². The van der Waals surface area contributed by atoms with Gasteiger partial charge < -0.3 is 10.6 Å². The fourth-order valence-corrected chi connectivity index (χ4v) is 3.12. The topological polar surface area (TPSA) is 41.1 Å². The SMILES string of the molecule is CC(C)(C)CCN[C@@H]1CC[C@@H](NC(=O)c2cc(F)cc(Cl)c2)C1. The number of halogens is 2. The van der Waals surface area contributed by atoms with Crippen molar-refractivity contribution in [2.24, 2.45) is 5.41 Å². The van der Waals surface area contributed by atoms with Gasteiger partial charge in [-0.25, -0.2) is 4.39 Å². The van der Waals surface area contributed by atoms with Crippen LogP contribution in [-0.2, 0) is 0 Å². The molecule has 0 unspecified atom stereocenters. The summed E-state index contributed by atoms with van der Waals surface area (Å²) in [6.45, 7) is 7.69. The molecule has 0 heterocycles. The highest BCUT2D eigenvalue weighted by Crippen LogP contribution is 2.22. The second kappa shape index (κ2) is 7.63. The second-order valence-corrected chi connectivity index (χ2v) is 8.04. The van der Waals surface area contributed by atoms with Gasteiger partial charge in [0.2, 0.25) is 0 Å². The molecule has 128 valence electrons. The summed E-state index contributed by atoms with van der Waals surface area (Å²) in [4.78, 5) is 12.2. The van der Waals surface area contributed by atoms with E-state index in [0.29, 0.717) is 11.5 Å². The van der Waals surface area contributed by atoms with Crippen molar-refractivity contribution in [2.45, 2.75) is 58.5 Å². The molecule has 0 aromatic heterocycles. The summed E-state index contributed by atoms with van der Waals surface area (Å²) in [5.41, 5.74) is 0.606. The van der Waals surface area contributed by atoms with Crippen LogP contribution in [0.15, 0.2) is 18.2 Å². The van der Waals surface area contributed by atoms with E-state index in [2.05, 4.69) is 31.4 Å². The van der Waals surface area contributed by atoms with Crippen LogP contribution in [0.2, 0.25) is 5.02 Å². The molecule has 2 atom stereocenters. The highest BCUT2D eigenvalue weighted by Gasteiger charge is 2.26. The molecule has 1 saturated carbocycles. The maximum Gasteiger partial charge on any atom is 0.251 e. The van der Waals surface area contributed by atoms with Crippen LogP contribution >= 0.6 is 11.6 Å². The number of hydrogen-bond donors (Lipinski definition) is 2. The van der Waals surface area contributed by atoms with Gasteiger partial charge in [-0.3, -0.25) is 4.79 Å². The first kappa shape index (κ1) is 18.2. The Balaban J connectivity index is 1.80. The van der Waals surface area contributed by atoms with Crippen LogP contribution in [0.3, 0.4) is 0 Å². The Morgan fingerprint density at radius 3 is 2.61 bits per heavy atom. The Morgan fingerprint density at radius 1 is 1.26 bits per heavy atom. The van der Waals surface area contributed by atoms with E-state index < -0.39 is 5.82 Å². The maximum atomic E-state index is 13.3. The summed E-state index contributed by atoms with van der Waals surface area (Å²) in [5, 5.41) is 6.79. The normalized spacial score (nSPS) is 21.4. The molecule has 1 amide bonds. The number of carbonyl (C=O) groups excluding carboxylic acids is 1. The lowest BCUT2D eigenvalue weighted by atomic mass is 9.92. The lowest BCUT2D eigenvalue weighted by molar-refractivity contribution is 0.0937. The van der Waals surface area contributed by atoms with E-state index in [9.17, 15) is 9.18 Å². The van der Waals surface area contributed by atoms with Crippen LogP contribution in [0.25, 0.3) is 0 Å². The number of benzene rings is 1. The maximum absolute atomic E-state index is 13.3. The van der Waals surface area contributed by atoms with Gasteiger partial charge in [0.25, 0.3) is 5.91 Å². The molecule has 2 N–H and O–H groups in total. The van der Waals surface area contributed by atoms with E-state index >= 15 is 0 Å². The first-order valence-corrected chi connectivity index (χ1v) is 8.61. The molecule has 1 aliphatic carbocycles. The standard InChI is InChI=1S/C18H26ClFN2O/c1-18(2,3)6-7-21-15-4-5-16(11-15)22-17(23)12-8-13(19)10-14(20)9-12/h8-10,15-16,21H,4-7,11H2,1-3H3,(H,22,23)/t15-,16-/m1/s1. The number of amides is 1. The van der Waals surface area contributed by atoms with Gasteiger partial charge in [0.15, 0.2) is 0 Å². The Morgan fingerprint density at radius 2 is 1.96 bits per heavy atom. The van der Waals surface area contributed by atoms with Gasteiger partial charge in [-0.05, 0) is 55.8 Å². The molecule has 23 heavy (non-hydrogen) atoms. The quantitative estimate of drug-likeness (QED) is 0.845. The molecule has 0 spiro atoms. The predicted molar refractivity (Wildman–Crippen MR) is 92.4 cm³/mol. The summed E-state index contributed by atoms with van der Waals surface area (Å²) in [5.74, 6) is -0.748. The second-order valence-electron chi connectivity index (χ2n) is 7.60. The van der Waals surface area contributed by atoms with Crippen molar-refractivity contribution in [2.75, 3.05) is 6.54 Å². The Labute approximate surface area is 143 Å². The van der Waals surface area contributed by atoms with Crippen LogP contribution in [0.4, 0.5) is 4.39 Å². The number of nitrogens with one attached hydrogen (secondary N) is 2. The van der Waals surface area contributed by atoms with E-state index in [1.807, 2.05) is 0 Å². The summed E-state index contributed by atoms with van der Waals surface area (Å²) in [6.07, 6.45) is 4.04. The first-order chi connectivity index (χ1) is 10.7. The molecular weight excluding hydrogens is 315 g/mol. The zero-order valence-electron chi connectivity index (χ0n) is 14.1. The van der Waals surface area contributed by atoms with Crippen LogP contribution in [-0.4, -0.2) is 24.5 Å². The van der Waals surface area contributed by atoms with Gasteiger partial charge in [0, 0.05) is 22.7 Å². The van der Waals surface area contributed by atoms with Crippen molar-refractivity contribution in [1.82, 2.24) is 10.6 Å². The largest absolute Gasteiger partial charge is 0.349 e. The minimum Gasteiger partial charge on any atom is -0.349 e. The Bertz CT molecular complexity index is 536. The fraction of sp³-hybridized carbons (Fsp3) is 0.611. The van der Waals surface area contributed by atoms with Gasteiger partial charge in [-0.2, -0.15) is 0 Å². The molecule has 1 aliphatic rings. The van der Waals surface area contributed by atoms with Gasteiger partial charge in [-0.15, -0.1) is 0 Å². The van der Waals surface area contributed by atoms with Gasteiger partial charge in [0.05, 0.1) is 0 Å². The minimum absolute atomic E-state index is 0.136. The van der Waals surface area contributed by atoms with Crippen LogP contribution in [0, 0.1) is 11.2 Å². The van der Waals surface area contributed by atoms with E-state index in [-0.39, 0.29) is 22.5 Å². The molecule has 0 saturated heterocycles. The van der Waals surface area contributed by atoms with E-state index in [1.165, 1.54) is 18.2 Å². The number of carbonyl (C=O) groups is 1. The Kier molecular flexibility index (Phi) is 6.04. The van der Waals surface area contributed by atoms with E-state index in [1.54, 1.807) is 0 Å². The van der Waals surface area contributed by atoms with Crippen LogP contribution in [0.1, 0.15) is 56.8 Å². The molecule has 0 radical (unpaired) electrons. The average Bonchev–Trinajstić information content (AvgIpc) is 2.83. The molecule has 0 bridgehead atoms. The third kappa shape index (κ3) is 6.11. The monoisotopic (exact) mass is 340 g/mol. The molecule has 5 heteroatoms. The summed E-state index contributed by atoms with van der Waals surface area (Å²) in [6, 6.07) is 4.49. The molecule has 2 rings (SSSR count).